The first-order valence-corrected chi connectivity index (χ1v) is 19.2. The summed E-state index contributed by atoms with van der Waals surface area (Å²) in [5, 5.41) is 14.2. The number of alkyl carbamates (subject to hydrolysis) is 1. The van der Waals surface area contributed by atoms with Gasteiger partial charge in [-0.15, -0.1) is 0 Å². The van der Waals surface area contributed by atoms with Gasteiger partial charge in [0, 0.05) is 41.8 Å². The summed E-state index contributed by atoms with van der Waals surface area (Å²) in [5.41, 5.74) is -4.48. The number of halogens is 1. The van der Waals surface area contributed by atoms with Crippen molar-refractivity contribution in [2.24, 2.45) is 17.8 Å². The van der Waals surface area contributed by atoms with Crippen LogP contribution in [0.5, 0.6) is 0 Å². The molecule has 0 saturated carbocycles. The predicted molar refractivity (Wildman–Crippen MR) is 202 cm³/mol. The number of hydrogen-bond donors (Lipinski definition) is 2. The van der Waals surface area contributed by atoms with E-state index in [0.717, 1.165) is 6.92 Å². The third kappa shape index (κ3) is 8.60. The van der Waals surface area contributed by atoms with Crippen molar-refractivity contribution in [3.63, 3.8) is 0 Å². The molecule has 5 heterocycles. The molecular formula is C41H55FN4O10. The second-order valence-electron chi connectivity index (χ2n) is 16.2. The van der Waals surface area contributed by atoms with Crippen molar-refractivity contribution < 1.29 is 52.4 Å². The lowest BCUT2D eigenvalue weighted by Gasteiger charge is -2.47. The Hall–Kier alpha value is -4.07. The maximum atomic E-state index is 16.8. The minimum Gasteiger partial charge on any atom is -0.455 e. The van der Waals surface area contributed by atoms with Crippen LogP contribution >= 0.6 is 0 Å². The number of alkyl halides is 1. The molecule has 3 aliphatic heterocycles. The summed E-state index contributed by atoms with van der Waals surface area (Å²) in [6, 6.07) is 4.01. The van der Waals surface area contributed by atoms with E-state index in [4.69, 9.17) is 23.7 Å². The number of aliphatic hydroxyl groups is 1. The number of pyridine rings is 2. The number of carbonyl (C=O) groups excluding carboxylic acids is 4. The van der Waals surface area contributed by atoms with Crippen LogP contribution in [0.15, 0.2) is 30.6 Å². The Kier molecular flexibility index (Phi) is 12.9. The molecule has 1 amide bonds. The fourth-order valence-corrected chi connectivity index (χ4v) is 8.49. The number of cyclic esters (lactones) is 1. The summed E-state index contributed by atoms with van der Waals surface area (Å²) >= 11 is 0. The van der Waals surface area contributed by atoms with Crippen molar-refractivity contribution in [1.29, 1.82) is 0 Å². The first kappa shape index (κ1) is 43.1. The third-order valence-corrected chi connectivity index (χ3v) is 11.6. The number of nitrogens with zero attached hydrogens (tertiary/aromatic N) is 3. The number of likely N-dealkylation sites (N-methyl/N-ethyl adjacent to an activating group) is 1. The van der Waals surface area contributed by atoms with Gasteiger partial charge in [0.05, 0.1) is 34.9 Å². The average Bonchev–Trinajstić information content (AvgIpc) is 3.47. The highest BCUT2D eigenvalue weighted by atomic mass is 19.1. The second kappa shape index (κ2) is 16.8. The van der Waals surface area contributed by atoms with Gasteiger partial charge in [0.2, 0.25) is 0 Å². The molecule has 306 valence electrons. The number of amides is 1. The standard InChI is InChI=1S/C41H55FN4O10/c1-11-30-41(8)33(45-38(51)56-41)24(4)31(47)22(2)20-39(6,52-17-13-14-26-19-28-27(44-21-26)15-12-16-43-28)35(25(5)34(49)40(7,42)37(50)54-30)55-36-32(48)29(46(9)10)18-23(3)53-36/h12,15-16,19,21-25,29-30,32-33,35-36,48H,11,17-18,20H2,1-10H3,(H,45,51)/t22-,23-,24+,25+,29+,30-,32-,33-,35-,36+,39?,40+,41-/m1/s1. The average molecular weight is 783 g/mol. The first-order chi connectivity index (χ1) is 26.2. The van der Waals surface area contributed by atoms with Crippen molar-refractivity contribution in [2.75, 3.05) is 20.7 Å². The zero-order valence-corrected chi connectivity index (χ0v) is 33.8. The molecule has 5 rings (SSSR count). The first-order valence-electron chi connectivity index (χ1n) is 19.2. The van der Waals surface area contributed by atoms with E-state index < -0.39 is 89.2 Å². The smallest absolute Gasteiger partial charge is 0.408 e. The van der Waals surface area contributed by atoms with Gasteiger partial charge in [0.15, 0.2) is 17.7 Å². The number of ketones is 2. The van der Waals surface area contributed by atoms with E-state index in [2.05, 4.69) is 27.1 Å². The lowest BCUT2D eigenvalue weighted by Crippen LogP contribution is -2.61. The number of esters is 1. The molecule has 2 aromatic rings. The second-order valence-corrected chi connectivity index (χ2v) is 16.2. The summed E-state index contributed by atoms with van der Waals surface area (Å²) in [6.45, 7) is 11.9. The normalized spacial score (nSPS) is 38.5. The van der Waals surface area contributed by atoms with Gasteiger partial charge in [-0.1, -0.05) is 39.5 Å². The van der Waals surface area contributed by atoms with Crippen molar-refractivity contribution in [2.45, 2.75) is 134 Å². The van der Waals surface area contributed by atoms with E-state index in [1.54, 1.807) is 52.2 Å². The molecule has 3 fully saturated rings. The highest BCUT2D eigenvalue weighted by molar-refractivity contribution is 6.08. The Bertz CT molecular complexity index is 1870. The fraction of sp³-hybridized carbons (Fsp3) is 0.659. The van der Waals surface area contributed by atoms with Crippen molar-refractivity contribution in [3.8, 4) is 11.8 Å². The Balaban J connectivity index is 1.59. The van der Waals surface area contributed by atoms with Crippen molar-refractivity contribution in [1.82, 2.24) is 20.2 Å². The minimum atomic E-state index is -3.21. The summed E-state index contributed by atoms with van der Waals surface area (Å²) < 4.78 is 47.4. The third-order valence-electron chi connectivity index (χ3n) is 11.6. The number of Topliss-reactive ketones (excluding diaryl/α,β-unsaturated/α-hetero) is 2. The Morgan fingerprint density at radius 2 is 1.79 bits per heavy atom. The molecule has 56 heavy (non-hydrogen) atoms. The Morgan fingerprint density at radius 3 is 2.46 bits per heavy atom. The van der Waals surface area contributed by atoms with Crippen LogP contribution in [0.3, 0.4) is 0 Å². The van der Waals surface area contributed by atoms with Gasteiger partial charge < -0.3 is 39.0 Å². The van der Waals surface area contributed by atoms with E-state index in [0.29, 0.717) is 23.0 Å². The predicted octanol–water partition coefficient (Wildman–Crippen LogP) is 3.94. The maximum absolute atomic E-state index is 16.8. The Labute approximate surface area is 327 Å². The number of rotatable bonds is 6. The maximum Gasteiger partial charge on any atom is 0.408 e. The molecule has 0 aromatic carbocycles. The molecule has 0 aliphatic carbocycles. The van der Waals surface area contributed by atoms with Crippen LogP contribution in [0, 0.1) is 29.6 Å². The number of aromatic nitrogens is 2. The summed E-state index contributed by atoms with van der Waals surface area (Å²) in [5.74, 6) is -0.0925. The lowest BCUT2D eigenvalue weighted by molar-refractivity contribution is -0.296. The lowest BCUT2D eigenvalue weighted by atomic mass is 9.73. The zero-order chi connectivity index (χ0) is 41.3. The summed E-state index contributed by atoms with van der Waals surface area (Å²) in [7, 11) is 3.62. The number of carbonyl (C=O) groups is 4. The van der Waals surface area contributed by atoms with E-state index >= 15 is 4.39 Å². The molecule has 15 heteroatoms. The van der Waals surface area contributed by atoms with Gasteiger partial charge in [-0.25, -0.2) is 14.0 Å². The number of fused-ring (bicyclic) bond motifs is 2. The van der Waals surface area contributed by atoms with Crippen LogP contribution < -0.4 is 5.32 Å². The van der Waals surface area contributed by atoms with Gasteiger partial charge in [-0.2, -0.15) is 0 Å². The van der Waals surface area contributed by atoms with E-state index in [1.165, 1.54) is 13.8 Å². The molecule has 2 N–H and O–H groups in total. The van der Waals surface area contributed by atoms with Crippen molar-refractivity contribution >= 4 is 34.7 Å². The van der Waals surface area contributed by atoms with Crippen LogP contribution in [0.1, 0.15) is 80.2 Å². The SMILES string of the molecule is CC[C@H]1OC(=O)[C@@](C)(F)C(=O)[C@H](C)[C@@H](O[C@@H]2O[C@H](C)C[C@H](N(C)C)[C@H]2O)C(C)(OCC#Cc2cnc3cccnc3c2)C[C@@H](C)C(=O)[C@H](C)[C@H]2NC(=O)O[C@@]21C. The van der Waals surface area contributed by atoms with Crippen LogP contribution in [0.2, 0.25) is 0 Å². The highest BCUT2D eigenvalue weighted by Gasteiger charge is 2.59. The van der Waals surface area contributed by atoms with Gasteiger partial charge in [-0.05, 0) is 79.3 Å². The van der Waals surface area contributed by atoms with Gasteiger partial charge >= 0.3 is 12.1 Å². The topological polar surface area (TPSA) is 176 Å². The van der Waals surface area contributed by atoms with Crippen molar-refractivity contribution in [3.05, 3.63) is 36.2 Å². The van der Waals surface area contributed by atoms with E-state index in [9.17, 15) is 24.3 Å². The molecule has 13 atom stereocenters. The van der Waals surface area contributed by atoms with Crippen LogP contribution in [-0.4, -0.2) is 124 Å². The van der Waals surface area contributed by atoms with Crippen LogP contribution in [0.4, 0.5) is 9.18 Å². The molecule has 0 radical (unpaired) electrons. The number of hydrogen-bond acceptors (Lipinski definition) is 13. The summed E-state index contributed by atoms with van der Waals surface area (Å²) in [4.78, 5) is 65.7. The van der Waals surface area contributed by atoms with E-state index in [-0.39, 0.29) is 31.3 Å². The molecular weight excluding hydrogens is 727 g/mol. The molecule has 1 unspecified atom stereocenters. The van der Waals surface area contributed by atoms with Crippen LogP contribution in [0.25, 0.3) is 11.0 Å². The molecule has 14 nitrogen and oxygen atoms in total. The number of ether oxygens (including phenoxy) is 5. The number of aliphatic hydroxyl groups excluding tert-OH is 1. The summed E-state index contributed by atoms with van der Waals surface area (Å²) in [6.07, 6.45) is -2.62. The monoisotopic (exact) mass is 782 g/mol. The van der Waals surface area contributed by atoms with E-state index in [1.807, 2.05) is 32.0 Å². The molecule has 0 spiro atoms. The molecule has 3 aliphatic rings. The molecule has 2 aromatic heterocycles. The fourth-order valence-electron chi connectivity index (χ4n) is 8.49. The largest absolute Gasteiger partial charge is 0.455 e. The highest BCUT2D eigenvalue weighted by Crippen LogP contribution is 2.41. The molecule has 3 saturated heterocycles. The van der Waals surface area contributed by atoms with Gasteiger partial charge in [0.25, 0.3) is 5.67 Å². The van der Waals surface area contributed by atoms with Gasteiger partial charge in [-0.3, -0.25) is 19.6 Å². The Morgan fingerprint density at radius 1 is 1.07 bits per heavy atom. The molecule has 0 bridgehead atoms. The minimum absolute atomic E-state index is 0.0799. The zero-order valence-electron chi connectivity index (χ0n) is 33.8. The quantitative estimate of drug-likeness (QED) is 0.245. The van der Waals surface area contributed by atoms with Gasteiger partial charge in [0.1, 0.15) is 24.6 Å². The number of nitrogens with one attached hydrogen (secondary N) is 1. The van der Waals surface area contributed by atoms with Crippen LogP contribution in [-0.2, 0) is 38.1 Å².